The third-order valence-electron chi connectivity index (χ3n) is 5.61. The van der Waals surface area contributed by atoms with Gasteiger partial charge in [0, 0.05) is 44.0 Å². The Morgan fingerprint density at radius 2 is 1.79 bits per heavy atom. The predicted octanol–water partition coefficient (Wildman–Crippen LogP) is 3.19. The smallest absolute Gasteiger partial charge is 0.331 e. The number of carbonyl (C=O) groups is 2. The summed E-state index contributed by atoms with van der Waals surface area (Å²) in [6.07, 6.45) is 4.60. The number of esters is 1. The number of amides is 1. The molecule has 4 rings (SSSR count). The van der Waals surface area contributed by atoms with Crippen molar-refractivity contribution >= 4 is 35.4 Å². The zero-order valence-corrected chi connectivity index (χ0v) is 19.7. The number of ether oxygens (including phenoxy) is 1. The first-order valence-electron chi connectivity index (χ1n) is 11.1. The molecule has 1 aliphatic rings. The van der Waals surface area contributed by atoms with Crippen molar-refractivity contribution in [1.82, 2.24) is 19.7 Å². The number of aryl methyl sites for hydroxylation is 1. The molecule has 0 radical (unpaired) electrons. The highest BCUT2D eigenvalue weighted by Crippen LogP contribution is 2.22. The van der Waals surface area contributed by atoms with E-state index < -0.39 is 5.97 Å². The fraction of sp³-hybridized carbons (Fsp3) is 0.280. The van der Waals surface area contributed by atoms with Gasteiger partial charge in [0.2, 0.25) is 0 Å². The van der Waals surface area contributed by atoms with Crippen molar-refractivity contribution in [2.24, 2.45) is 0 Å². The molecule has 9 heteroatoms. The SMILES string of the molecule is Cc1nn(Cc2ccccc2)c(Cl)c1/C=C/C(=O)OCC(=O)N1CCN(c2ccccn2)CC1. The Hall–Kier alpha value is -3.65. The van der Waals surface area contributed by atoms with Gasteiger partial charge in [0.25, 0.3) is 5.91 Å². The maximum Gasteiger partial charge on any atom is 0.331 e. The maximum absolute atomic E-state index is 12.5. The van der Waals surface area contributed by atoms with Crippen LogP contribution in [0.25, 0.3) is 6.08 Å². The summed E-state index contributed by atoms with van der Waals surface area (Å²) >= 11 is 6.48. The lowest BCUT2D eigenvalue weighted by atomic mass is 10.2. The van der Waals surface area contributed by atoms with E-state index in [4.69, 9.17) is 16.3 Å². The topological polar surface area (TPSA) is 80.6 Å². The van der Waals surface area contributed by atoms with Crippen LogP contribution in [-0.4, -0.2) is 64.3 Å². The molecule has 2 aromatic heterocycles. The van der Waals surface area contributed by atoms with Gasteiger partial charge in [-0.3, -0.25) is 4.79 Å². The second-order valence-electron chi connectivity index (χ2n) is 7.93. The summed E-state index contributed by atoms with van der Waals surface area (Å²) in [6.45, 7) is 4.53. The number of aromatic nitrogens is 3. The van der Waals surface area contributed by atoms with Gasteiger partial charge in [0.05, 0.1) is 12.2 Å². The molecule has 1 fully saturated rings. The number of benzene rings is 1. The Balaban J connectivity index is 1.26. The second kappa shape index (κ2) is 11.0. The lowest BCUT2D eigenvalue weighted by molar-refractivity contribution is -0.148. The number of anilines is 1. The van der Waals surface area contributed by atoms with Gasteiger partial charge in [-0.15, -0.1) is 0 Å². The Morgan fingerprint density at radius 3 is 2.50 bits per heavy atom. The van der Waals surface area contributed by atoms with Gasteiger partial charge in [-0.2, -0.15) is 5.10 Å². The Labute approximate surface area is 203 Å². The predicted molar refractivity (Wildman–Crippen MR) is 131 cm³/mol. The molecule has 1 saturated heterocycles. The van der Waals surface area contributed by atoms with Crippen molar-refractivity contribution in [3.8, 4) is 0 Å². The number of halogens is 1. The van der Waals surface area contributed by atoms with Crippen molar-refractivity contribution < 1.29 is 14.3 Å². The van der Waals surface area contributed by atoms with Gasteiger partial charge in [-0.05, 0) is 30.7 Å². The van der Waals surface area contributed by atoms with Crippen LogP contribution in [0.15, 0.2) is 60.8 Å². The molecule has 0 aliphatic carbocycles. The van der Waals surface area contributed by atoms with Gasteiger partial charge < -0.3 is 14.5 Å². The fourth-order valence-corrected chi connectivity index (χ4v) is 4.06. The van der Waals surface area contributed by atoms with Crippen LogP contribution >= 0.6 is 11.6 Å². The average Bonchev–Trinajstić information content (AvgIpc) is 3.14. The molecule has 0 saturated carbocycles. The first-order chi connectivity index (χ1) is 16.5. The summed E-state index contributed by atoms with van der Waals surface area (Å²) in [4.78, 5) is 32.8. The summed E-state index contributed by atoms with van der Waals surface area (Å²) in [6, 6.07) is 15.6. The van der Waals surface area contributed by atoms with E-state index in [1.54, 1.807) is 21.9 Å². The fourth-order valence-electron chi connectivity index (χ4n) is 3.77. The van der Waals surface area contributed by atoms with E-state index in [1.165, 1.54) is 6.08 Å². The summed E-state index contributed by atoms with van der Waals surface area (Å²) in [5.41, 5.74) is 2.42. The van der Waals surface area contributed by atoms with E-state index in [1.807, 2.05) is 55.5 Å². The van der Waals surface area contributed by atoms with Gasteiger partial charge in [0.1, 0.15) is 11.0 Å². The van der Waals surface area contributed by atoms with Crippen molar-refractivity contribution in [2.75, 3.05) is 37.7 Å². The molecule has 3 aromatic rings. The van der Waals surface area contributed by atoms with E-state index in [9.17, 15) is 9.59 Å². The van der Waals surface area contributed by atoms with Crippen molar-refractivity contribution in [1.29, 1.82) is 0 Å². The number of hydrogen-bond donors (Lipinski definition) is 0. The lowest BCUT2D eigenvalue weighted by Crippen LogP contribution is -2.50. The lowest BCUT2D eigenvalue weighted by Gasteiger charge is -2.35. The van der Waals surface area contributed by atoms with Crippen LogP contribution in [0.3, 0.4) is 0 Å². The van der Waals surface area contributed by atoms with Gasteiger partial charge in [0.15, 0.2) is 6.61 Å². The molecule has 1 aromatic carbocycles. The molecule has 0 spiro atoms. The van der Waals surface area contributed by atoms with Crippen LogP contribution in [0, 0.1) is 6.92 Å². The van der Waals surface area contributed by atoms with Crippen molar-refractivity contribution in [3.63, 3.8) is 0 Å². The summed E-state index contributed by atoms with van der Waals surface area (Å²) < 4.78 is 6.85. The molecule has 1 amide bonds. The number of carbonyl (C=O) groups excluding carboxylic acids is 2. The van der Waals surface area contributed by atoms with Crippen molar-refractivity contribution in [2.45, 2.75) is 13.5 Å². The van der Waals surface area contributed by atoms with Crippen LogP contribution in [-0.2, 0) is 20.9 Å². The number of rotatable bonds is 7. The molecule has 0 atom stereocenters. The van der Waals surface area contributed by atoms with E-state index >= 15 is 0 Å². The third kappa shape index (κ3) is 5.82. The molecular weight excluding hydrogens is 454 g/mol. The summed E-state index contributed by atoms with van der Waals surface area (Å²) in [5, 5.41) is 4.90. The highest BCUT2D eigenvalue weighted by molar-refractivity contribution is 6.31. The standard InChI is InChI=1S/C25H26ClN5O3/c1-19-21(25(26)31(28-19)17-20-7-3-2-4-8-20)10-11-24(33)34-18-23(32)30-15-13-29(14-16-30)22-9-5-6-12-27-22/h2-12H,13-18H2,1H3/b11-10+. The molecule has 3 heterocycles. The van der Waals surface area contributed by atoms with Crippen LogP contribution in [0.2, 0.25) is 5.15 Å². The first-order valence-corrected chi connectivity index (χ1v) is 11.4. The van der Waals surface area contributed by atoms with Crippen LogP contribution in [0.1, 0.15) is 16.8 Å². The Morgan fingerprint density at radius 1 is 1.06 bits per heavy atom. The van der Waals surface area contributed by atoms with E-state index in [-0.39, 0.29) is 12.5 Å². The molecule has 34 heavy (non-hydrogen) atoms. The third-order valence-corrected chi connectivity index (χ3v) is 6.01. The van der Waals surface area contributed by atoms with Gasteiger partial charge in [-0.25, -0.2) is 14.5 Å². The van der Waals surface area contributed by atoms with E-state index in [0.717, 1.165) is 11.4 Å². The summed E-state index contributed by atoms with van der Waals surface area (Å²) in [7, 11) is 0. The largest absolute Gasteiger partial charge is 0.452 e. The zero-order valence-electron chi connectivity index (χ0n) is 18.9. The maximum atomic E-state index is 12.5. The van der Waals surface area contributed by atoms with Crippen LogP contribution < -0.4 is 4.90 Å². The number of hydrogen-bond acceptors (Lipinski definition) is 6. The molecule has 0 N–H and O–H groups in total. The number of pyridine rings is 1. The van der Waals surface area contributed by atoms with Gasteiger partial charge >= 0.3 is 5.97 Å². The molecule has 0 bridgehead atoms. The Kier molecular flexibility index (Phi) is 7.59. The highest BCUT2D eigenvalue weighted by atomic mass is 35.5. The second-order valence-corrected chi connectivity index (χ2v) is 8.29. The zero-order chi connectivity index (χ0) is 23.9. The first kappa shape index (κ1) is 23.5. The molecule has 176 valence electrons. The number of piperazine rings is 1. The number of nitrogens with zero attached hydrogens (tertiary/aromatic N) is 5. The molecule has 8 nitrogen and oxygen atoms in total. The van der Waals surface area contributed by atoms with Crippen LogP contribution in [0.5, 0.6) is 0 Å². The quantitative estimate of drug-likeness (QED) is 0.382. The van der Waals surface area contributed by atoms with Crippen molar-refractivity contribution in [3.05, 3.63) is 82.8 Å². The monoisotopic (exact) mass is 479 g/mol. The summed E-state index contributed by atoms with van der Waals surface area (Å²) in [5.74, 6) is 0.0753. The molecular formula is C25H26ClN5O3. The average molecular weight is 480 g/mol. The minimum Gasteiger partial charge on any atom is -0.452 e. The highest BCUT2D eigenvalue weighted by Gasteiger charge is 2.22. The van der Waals surface area contributed by atoms with E-state index in [0.29, 0.717) is 49.1 Å². The Bertz CT molecular complexity index is 1160. The molecule has 0 unspecified atom stereocenters. The minimum absolute atomic E-state index is 0.215. The minimum atomic E-state index is -0.605. The molecule has 1 aliphatic heterocycles. The van der Waals surface area contributed by atoms with E-state index in [2.05, 4.69) is 15.0 Å². The van der Waals surface area contributed by atoms with Crippen LogP contribution in [0.4, 0.5) is 5.82 Å². The van der Waals surface area contributed by atoms with Gasteiger partial charge in [-0.1, -0.05) is 48.0 Å². The normalized spacial score (nSPS) is 13.9.